The van der Waals surface area contributed by atoms with E-state index in [0.717, 1.165) is 18.0 Å². The Kier molecular flexibility index (Phi) is 6.68. The molecule has 1 aromatic carbocycles. The van der Waals surface area contributed by atoms with E-state index in [0.29, 0.717) is 19.8 Å². The molecule has 10 heteroatoms. The number of hydrogen-bond donors (Lipinski definition) is 2. The molecule has 2 aromatic rings. The monoisotopic (exact) mass is 425 g/mol. The first-order valence-corrected chi connectivity index (χ1v) is 11.2. The lowest BCUT2D eigenvalue weighted by Gasteiger charge is -2.34. The average molecular weight is 426 g/mol. The first-order valence-electron chi connectivity index (χ1n) is 8.74. The number of methoxy groups -OCH3 is 1. The summed E-state index contributed by atoms with van der Waals surface area (Å²) in [6.45, 7) is 3.24. The maximum atomic E-state index is 12.8. The van der Waals surface area contributed by atoms with E-state index in [9.17, 15) is 13.2 Å². The number of nitrogens with zero attached hydrogens (tertiary/aromatic N) is 1. The number of primary sulfonamides is 1. The SMILES string of the molecule is COc1ccc(S(N)(=O)=O)cc1C(=O)NCC(c1cccs1)N1CCOCC1. The molecule has 1 amide bonds. The number of sulfonamides is 1. The highest BCUT2D eigenvalue weighted by Crippen LogP contribution is 2.26. The van der Waals surface area contributed by atoms with Crippen molar-refractivity contribution >= 4 is 27.3 Å². The molecule has 1 fully saturated rings. The zero-order valence-corrected chi connectivity index (χ0v) is 17.1. The third-order valence-electron chi connectivity index (χ3n) is 4.56. The molecule has 152 valence electrons. The fourth-order valence-electron chi connectivity index (χ4n) is 3.11. The van der Waals surface area contributed by atoms with Crippen LogP contribution in [-0.2, 0) is 14.8 Å². The molecule has 1 aliphatic rings. The molecule has 3 N–H and O–H groups in total. The van der Waals surface area contributed by atoms with Gasteiger partial charge in [0, 0.05) is 24.5 Å². The van der Waals surface area contributed by atoms with Crippen LogP contribution in [0.15, 0.2) is 40.6 Å². The van der Waals surface area contributed by atoms with Crippen molar-refractivity contribution in [1.82, 2.24) is 10.2 Å². The molecule has 0 radical (unpaired) electrons. The third-order valence-corrected chi connectivity index (χ3v) is 6.44. The number of ether oxygens (including phenoxy) is 2. The van der Waals surface area contributed by atoms with Gasteiger partial charge in [0.05, 0.1) is 36.8 Å². The molecule has 2 heterocycles. The number of hydrogen-bond acceptors (Lipinski definition) is 7. The predicted octanol–water partition coefficient (Wildman–Crippen LogP) is 1.21. The number of rotatable bonds is 7. The van der Waals surface area contributed by atoms with Crippen molar-refractivity contribution in [1.29, 1.82) is 0 Å². The van der Waals surface area contributed by atoms with Crippen LogP contribution < -0.4 is 15.2 Å². The molecule has 1 unspecified atom stereocenters. The number of thiophene rings is 1. The van der Waals surface area contributed by atoms with Crippen molar-refractivity contribution in [2.75, 3.05) is 40.0 Å². The van der Waals surface area contributed by atoms with Crippen LogP contribution in [0.25, 0.3) is 0 Å². The topological polar surface area (TPSA) is 111 Å². The Morgan fingerprint density at radius 3 is 2.71 bits per heavy atom. The number of carbonyl (C=O) groups excluding carboxylic acids is 1. The third kappa shape index (κ3) is 4.89. The molecular weight excluding hydrogens is 402 g/mol. The number of amides is 1. The minimum atomic E-state index is -3.92. The van der Waals surface area contributed by atoms with Gasteiger partial charge in [-0.1, -0.05) is 6.07 Å². The smallest absolute Gasteiger partial charge is 0.255 e. The summed E-state index contributed by atoms with van der Waals surface area (Å²) >= 11 is 1.63. The molecule has 0 bridgehead atoms. The average Bonchev–Trinajstić information content (AvgIpc) is 3.22. The van der Waals surface area contributed by atoms with Crippen LogP contribution in [0.3, 0.4) is 0 Å². The standard InChI is InChI=1S/C18H23N3O5S2/c1-25-16-5-4-13(28(19,23)24)11-14(16)18(22)20-12-15(17-3-2-10-27-17)21-6-8-26-9-7-21/h2-5,10-11,15H,6-9,12H2,1H3,(H,20,22)(H2,19,23,24). The molecule has 1 saturated heterocycles. The van der Waals surface area contributed by atoms with Crippen LogP contribution in [0.4, 0.5) is 0 Å². The Morgan fingerprint density at radius 2 is 2.11 bits per heavy atom. The summed E-state index contributed by atoms with van der Waals surface area (Å²) in [7, 11) is -2.50. The van der Waals surface area contributed by atoms with Gasteiger partial charge in [0.15, 0.2) is 0 Å². The molecule has 0 saturated carbocycles. The summed E-state index contributed by atoms with van der Waals surface area (Å²) in [6.07, 6.45) is 0. The highest BCUT2D eigenvalue weighted by molar-refractivity contribution is 7.89. The van der Waals surface area contributed by atoms with Crippen LogP contribution in [0, 0.1) is 0 Å². The summed E-state index contributed by atoms with van der Waals surface area (Å²) in [6, 6.07) is 8.01. The van der Waals surface area contributed by atoms with E-state index in [2.05, 4.69) is 10.2 Å². The number of nitrogens with one attached hydrogen (secondary N) is 1. The molecule has 1 aliphatic heterocycles. The van der Waals surface area contributed by atoms with Crippen LogP contribution in [0.5, 0.6) is 5.75 Å². The summed E-state index contributed by atoms with van der Waals surface area (Å²) < 4.78 is 33.9. The van der Waals surface area contributed by atoms with Gasteiger partial charge < -0.3 is 14.8 Å². The van der Waals surface area contributed by atoms with Gasteiger partial charge in [0.2, 0.25) is 10.0 Å². The number of benzene rings is 1. The first kappa shape index (κ1) is 20.7. The summed E-state index contributed by atoms with van der Waals surface area (Å²) in [5.74, 6) is -0.138. The predicted molar refractivity (Wildman–Crippen MR) is 106 cm³/mol. The van der Waals surface area contributed by atoms with Gasteiger partial charge in [0.1, 0.15) is 5.75 Å². The molecule has 0 aliphatic carbocycles. The van der Waals surface area contributed by atoms with Gasteiger partial charge >= 0.3 is 0 Å². The number of nitrogens with two attached hydrogens (primary N) is 1. The van der Waals surface area contributed by atoms with Crippen molar-refractivity contribution in [2.45, 2.75) is 10.9 Å². The highest BCUT2D eigenvalue weighted by atomic mass is 32.2. The van der Waals surface area contributed by atoms with Gasteiger partial charge in [-0.25, -0.2) is 13.6 Å². The Labute approximate surface area is 168 Å². The molecule has 1 aromatic heterocycles. The molecule has 1 atom stereocenters. The second-order valence-corrected chi connectivity index (χ2v) is 8.84. The Balaban J connectivity index is 1.79. The molecule has 28 heavy (non-hydrogen) atoms. The van der Waals surface area contributed by atoms with Crippen molar-refractivity contribution in [3.05, 3.63) is 46.2 Å². The number of morpholine rings is 1. The quantitative estimate of drug-likeness (QED) is 0.690. The lowest BCUT2D eigenvalue weighted by Crippen LogP contribution is -2.43. The lowest BCUT2D eigenvalue weighted by molar-refractivity contribution is 0.0169. The fraction of sp³-hybridized carbons (Fsp3) is 0.389. The van der Waals surface area contributed by atoms with Crippen molar-refractivity contribution < 1.29 is 22.7 Å². The van der Waals surface area contributed by atoms with E-state index >= 15 is 0 Å². The maximum absolute atomic E-state index is 12.8. The second kappa shape index (κ2) is 9.01. The molecule has 3 rings (SSSR count). The van der Waals surface area contributed by atoms with E-state index < -0.39 is 15.9 Å². The van der Waals surface area contributed by atoms with Gasteiger partial charge in [-0.15, -0.1) is 11.3 Å². The maximum Gasteiger partial charge on any atom is 0.255 e. The van der Waals surface area contributed by atoms with E-state index in [-0.39, 0.29) is 22.3 Å². The van der Waals surface area contributed by atoms with Crippen LogP contribution in [0.1, 0.15) is 21.3 Å². The van der Waals surface area contributed by atoms with Gasteiger partial charge in [0.25, 0.3) is 5.91 Å². The lowest BCUT2D eigenvalue weighted by atomic mass is 10.1. The summed E-state index contributed by atoms with van der Waals surface area (Å²) in [5, 5.41) is 10.1. The van der Waals surface area contributed by atoms with Crippen LogP contribution in [-0.4, -0.2) is 59.2 Å². The van der Waals surface area contributed by atoms with Crippen LogP contribution in [0.2, 0.25) is 0 Å². The summed E-state index contributed by atoms with van der Waals surface area (Å²) in [4.78, 5) is 16.1. The van der Waals surface area contributed by atoms with Gasteiger partial charge in [-0.3, -0.25) is 9.69 Å². The van der Waals surface area contributed by atoms with Crippen molar-refractivity contribution in [3.63, 3.8) is 0 Å². The fourth-order valence-corrected chi connectivity index (χ4v) is 4.51. The van der Waals surface area contributed by atoms with E-state index in [4.69, 9.17) is 14.6 Å². The minimum absolute atomic E-state index is 0.0141. The number of carbonyl (C=O) groups is 1. The first-order chi connectivity index (χ1) is 13.4. The van der Waals surface area contributed by atoms with Crippen LogP contribution >= 0.6 is 11.3 Å². The Hall–Kier alpha value is -1.98. The zero-order valence-electron chi connectivity index (χ0n) is 15.5. The van der Waals surface area contributed by atoms with E-state index in [1.165, 1.54) is 25.3 Å². The molecule has 0 spiro atoms. The minimum Gasteiger partial charge on any atom is -0.496 e. The molecule has 8 nitrogen and oxygen atoms in total. The van der Waals surface area contributed by atoms with E-state index in [1.54, 1.807) is 11.3 Å². The summed E-state index contributed by atoms with van der Waals surface area (Å²) in [5.41, 5.74) is 0.126. The van der Waals surface area contributed by atoms with Crippen molar-refractivity contribution in [2.24, 2.45) is 5.14 Å². The Morgan fingerprint density at radius 1 is 1.36 bits per heavy atom. The highest BCUT2D eigenvalue weighted by Gasteiger charge is 2.25. The zero-order chi connectivity index (χ0) is 20.1. The molecular formula is C18H23N3O5S2. The normalized spacial score (nSPS) is 16.5. The van der Waals surface area contributed by atoms with Gasteiger partial charge in [-0.05, 0) is 29.6 Å². The Bertz CT molecular complexity index is 909. The second-order valence-electron chi connectivity index (χ2n) is 6.30. The van der Waals surface area contributed by atoms with E-state index in [1.807, 2.05) is 17.5 Å². The van der Waals surface area contributed by atoms with Gasteiger partial charge in [-0.2, -0.15) is 0 Å². The largest absolute Gasteiger partial charge is 0.496 e. The van der Waals surface area contributed by atoms with Crippen molar-refractivity contribution in [3.8, 4) is 5.75 Å².